The SMILES string of the molecule is CC(C)COC(=O)Nc1ccc(N2CCCC(C34CC5CC(CC(C3)N5C(=O)O)O4)C2)c(F)c1. The molecule has 0 aromatic heterocycles. The molecular formula is C25H34FN3O5. The maximum atomic E-state index is 15.1. The number of anilines is 2. The summed E-state index contributed by atoms with van der Waals surface area (Å²) in [5.41, 5.74) is 0.559. The number of carbonyl (C=O) groups is 2. The van der Waals surface area contributed by atoms with Crippen LogP contribution in [0, 0.1) is 17.7 Å². The number of nitrogens with zero attached hydrogens (tertiary/aromatic N) is 2. The molecule has 9 heteroatoms. The van der Waals surface area contributed by atoms with Crippen LogP contribution >= 0.6 is 0 Å². The molecule has 2 N–H and O–H groups in total. The fourth-order valence-electron chi connectivity index (χ4n) is 6.60. The van der Waals surface area contributed by atoms with Crippen molar-refractivity contribution in [3.8, 4) is 0 Å². The number of carboxylic acid groups (broad SMARTS) is 1. The lowest BCUT2D eigenvalue weighted by molar-refractivity contribution is -0.251. The maximum Gasteiger partial charge on any atom is 0.411 e. The lowest BCUT2D eigenvalue weighted by Gasteiger charge is -2.63. The van der Waals surface area contributed by atoms with Gasteiger partial charge < -0.3 is 24.4 Å². The van der Waals surface area contributed by atoms with E-state index < -0.39 is 12.2 Å². The number of amides is 2. The minimum Gasteiger partial charge on any atom is -0.465 e. The monoisotopic (exact) mass is 475 g/mol. The summed E-state index contributed by atoms with van der Waals surface area (Å²) in [6.07, 6.45) is 3.67. The van der Waals surface area contributed by atoms with Gasteiger partial charge in [0.05, 0.1) is 24.0 Å². The predicted octanol–water partition coefficient (Wildman–Crippen LogP) is 4.69. The first-order valence-corrected chi connectivity index (χ1v) is 12.4. The fraction of sp³-hybridized carbons (Fsp3) is 0.680. The van der Waals surface area contributed by atoms with Crippen LogP contribution in [0.3, 0.4) is 0 Å². The van der Waals surface area contributed by atoms with Crippen molar-refractivity contribution < 1.29 is 28.6 Å². The van der Waals surface area contributed by atoms with Crippen molar-refractivity contribution in [3.05, 3.63) is 24.0 Å². The standard InChI is InChI=1S/C25H34FN3O5/c1-15(2)14-33-23(30)27-17-5-6-22(21(26)8-17)28-7-3-4-16(13-28)25-11-18-9-20(34-25)10-19(12-25)29(18)24(31)32/h5-6,8,15-16,18-20H,3-4,7,9-14H2,1-2H3,(H,27,30)(H,31,32). The van der Waals surface area contributed by atoms with E-state index in [1.165, 1.54) is 6.07 Å². The highest BCUT2D eigenvalue weighted by Gasteiger charge is 2.59. The van der Waals surface area contributed by atoms with Crippen molar-refractivity contribution in [2.45, 2.75) is 76.2 Å². The van der Waals surface area contributed by atoms with Crippen LogP contribution in [0.25, 0.3) is 0 Å². The molecule has 3 atom stereocenters. The summed E-state index contributed by atoms with van der Waals surface area (Å²) in [7, 11) is 0. The molecule has 5 fully saturated rings. The number of benzene rings is 1. The molecule has 34 heavy (non-hydrogen) atoms. The Morgan fingerprint density at radius 3 is 2.68 bits per heavy atom. The van der Waals surface area contributed by atoms with Crippen LogP contribution in [0.4, 0.5) is 25.4 Å². The van der Waals surface area contributed by atoms with Crippen LogP contribution in [0.2, 0.25) is 0 Å². The molecule has 4 bridgehead atoms. The van der Waals surface area contributed by atoms with E-state index in [9.17, 15) is 14.7 Å². The molecule has 8 nitrogen and oxygen atoms in total. The van der Waals surface area contributed by atoms with Gasteiger partial charge in [0.2, 0.25) is 0 Å². The minimum absolute atomic E-state index is 0.0247. The van der Waals surface area contributed by atoms with E-state index in [4.69, 9.17) is 9.47 Å². The fourth-order valence-corrected chi connectivity index (χ4v) is 6.60. The highest BCUT2D eigenvalue weighted by atomic mass is 19.1. The Bertz CT molecular complexity index is 940. The average Bonchev–Trinajstić information content (AvgIpc) is 2.77. The number of ether oxygens (including phenoxy) is 2. The van der Waals surface area contributed by atoms with E-state index >= 15 is 4.39 Å². The van der Waals surface area contributed by atoms with E-state index in [0.29, 0.717) is 24.5 Å². The Morgan fingerprint density at radius 2 is 2.03 bits per heavy atom. The molecule has 1 aromatic rings. The second kappa shape index (κ2) is 8.91. The molecule has 0 spiro atoms. The van der Waals surface area contributed by atoms with Crippen LogP contribution in [0.1, 0.15) is 52.4 Å². The van der Waals surface area contributed by atoms with Crippen molar-refractivity contribution in [1.29, 1.82) is 0 Å². The number of piperidine rings is 3. The Morgan fingerprint density at radius 1 is 1.29 bits per heavy atom. The Kier molecular flexibility index (Phi) is 6.08. The quantitative estimate of drug-likeness (QED) is 0.642. The number of halogens is 1. The summed E-state index contributed by atoms with van der Waals surface area (Å²) in [6.45, 7) is 5.64. The smallest absolute Gasteiger partial charge is 0.411 e. The highest BCUT2D eigenvalue weighted by Crippen LogP contribution is 2.53. The molecule has 5 aliphatic heterocycles. The minimum atomic E-state index is -0.821. The number of hydrogen-bond donors (Lipinski definition) is 2. The highest BCUT2D eigenvalue weighted by molar-refractivity contribution is 5.85. The molecule has 186 valence electrons. The number of rotatable bonds is 5. The second-order valence-corrected chi connectivity index (χ2v) is 10.8. The maximum absolute atomic E-state index is 15.1. The van der Waals surface area contributed by atoms with E-state index in [1.807, 2.05) is 13.8 Å². The van der Waals surface area contributed by atoms with Crippen molar-refractivity contribution in [1.82, 2.24) is 4.90 Å². The molecule has 5 aliphatic rings. The summed E-state index contributed by atoms with van der Waals surface area (Å²) in [5, 5.41) is 12.3. The molecule has 3 unspecified atom stereocenters. The van der Waals surface area contributed by atoms with Gasteiger partial charge in [0.25, 0.3) is 0 Å². The van der Waals surface area contributed by atoms with Gasteiger partial charge in [0.1, 0.15) is 5.82 Å². The average molecular weight is 476 g/mol. The van der Waals surface area contributed by atoms with E-state index in [1.54, 1.807) is 17.0 Å². The molecule has 0 aliphatic carbocycles. The van der Waals surface area contributed by atoms with Gasteiger partial charge in [-0.3, -0.25) is 5.32 Å². The van der Waals surface area contributed by atoms with Gasteiger partial charge in [-0.2, -0.15) is 0 Å². The second-order valence-electron chi connectivity index (χ2n) is 10.8. The van der Waals surface area contributed by atoms with Crippen LogP contribution in [-0.2, 0) is 9.47 Å². The van der Waals surface area contributed by atoms with E-state index in [0.717, 1.165) is 45.1 Å². The van der Waals surface area contributed by atoms with Crippen LogP contribution in [0.15, 0.2) is 18.2 Å². The molecular weight excluding hydrogens is 441 g/mol. The first-order valence-electron chi connectivity index (χ1n) is 12.4. The summed E-state index contributed by atoms with van der Waals surface area (Å²) in [4.78, 5) is 27.4. The number of carbonyl (C=O) groups excluding carboxylic acids is 1. The van der Waals surface area contributed by atoms with Gasteiger partial charge >= 0.3 is 12.2 Å². The third kappa shape index (κ3) is 4.30. The Hall–Kier alpha value is -2.55. The van der Waals surface area contributed by atoms with Crippen molar-refractivity contribution in [3.63, 3.8) is 0 Å². The third-order valence-corrected chi connectivity index (χ3v) is 7.89. The normalized spacial score (nSPS) is 32.2. The zero-order valence-corrected chi connectivity index (χ0v) is 19.8. The zero-order valence-electron chi connectivity index (χ0n) is 19.8. The Labute approximate surface area is 199 Å². The first kappa shape index (κ1) is 23.2. The summed E-state index contributed by atoms with van der Waals surface area (Å²) in [5.74, 6) is 0.0707. The van der Waals surface area contributed by atoms with Crippen molar-refractivity contribution in [2.75, 3.05) is 29.9 Å². The summed E-state index contributed by atoms with van der Waals surface area (Å²) in [6, 6.07) is 4.79. The largest absolute Gasteiger partial charge is 0.465 e. The molecule has 0 saturated carbocycles. The lowest BCUT2D eigenvalue weighted by Crippen LogP contribution is -2.70. The van der Waals surface area contributed by atoms with Crippen molar-refractivity contribution in [2.24, 2.45) is 11.8 Å². The van der Waals surface area contributed by atoms with Gasteiger partial charge in [0, 0.05) is 36.8 Å². The lowest BCUT2D eigenvalue weighted by atomic mass is 9.64. The Balaban J connectivity index is 1.27. The topological polar surface area (TPSA) is 91.3 Å². The zero-order chi connectivity index (χ0) is 24.0. The van der Waals surface area contributed by atoms with Crippen LogP contribution < -0.4 is 10.2 Å². The third-order valence-electron chi connectivity index (χ3n) is 7.89. The number of hydrogen-bond acceptors (Lipinski definition) is 5. The van der Waals surface area contributed by atoms with Gasteiger partial charge in [-0.25, -0.2) is 14.0 Å². The van der Waals surface area contributed by atoms with E-state index in [2.05, 4.69) is 10.2 Å². The number of nitrogens with one attached hydrogen (secondary N) is 1. The van der Waals surface area contributed by atoms with Crippen LogP contribution in [-0.4, -0.2) is 65.7 Å². The molecule has 1 aromatic carbocycles. The van der Waals surface area contributed by atoms with Gasteiger partial charge in [-0.1, -0.05) is 13.8 Å². The predicted molar refractivity (Wildman–Crippen MR) is 125 cm³/mol. The molecule has 2 amide bonds. The molecule has 6 rings (SSSR count). The first-order chi connectivity index (χ1) is 16.2. The molecule has 0 radical (unpaired) electrons. The van der Waals surface area contributed by atoms with Crippen LogP contribution in [0.5, 0.6) is 0 Å². The van der Waals surface area contributed by atoms with Crippen molar-refractivity contribution >= 4 is 23.6 Å². The van der Waals surface area contributed by atoms with Gasteiger partial charge in [-0.15, -0.1) is 0 Å². The summed E-state index contributed by atoms with van der Waals surface area (Å²) >= 11 is 0. The summed E-state index contributed by atoms with van der Waals surface area (Å²) < 4.78 is 26.8. The van der Waals surface area contributed by atoms with Gasteiger partial charge in [-0.05, 0) is 62.6 Å². The van der Waals surface area contributed by atoms with E-state index in [-0.39, 0.29) is 41.4 Å². The molecule has 5 saturated heterocycles. The van der Waals surface area contributed by atoms with Gasteiger partial charge in [0.15, 0.2) is 0 Å². The molecule has 5 heterocycles.